The second-order valence-corrected chi connectivity index (χ2v) is 6.17. The molecule has 3 rings (SSSR count). The molecule has 0 radical (unpaired) electrons. The van der Waals surface area contributed by atoms with E-state index in [4.69, 9.17) is 4.74 Å². The van der Waals surface area contributed by atoms with Gasteiger partial charge in [0.2, 0.25) is 5.95 Å². The molecule has 8 nitrogen and oxygen atoms in total. The Labute approximate surface area is 149 Å². The Morgan fingerprint density at radius 2 is 2.00 bits per heavy atom. The molecule has 0 aliphatic rings. The number of hydrogen-bond acceptors (Lipinski definition) is 5. The predicted octanol–water partition coefficient (Wildman–Crippen LogP) is 1.62. The number of methoxy groups -OCH3 is 1. The summed E-state index contributed by atoms with van der Waals surface area (Å²) in [6.45, 7) is 6.71. The van der Waals surface area contributed by atoms with E-state index in [1.165, 1.54) is 4.57 Å². The van der Waals surface area contributed by atoms with Crippen LogP contribution in [0.5, 0.6) is 5.75 Å². The highest BCUT2D eigenvalue weighted by atomic mass is 16.5. The second-order valence-electron chi connectivity index (χ2n) is 6.17. The van der Waals surface area contributed by atoms with E-state index < -0.39 is 11.2 Å². The monoisotopic (exact) mass is 355 g/mol. The highest BCUT2D eigenvalue weighted by molar-refractivity contribution is 5.74. The van der Waals surface area contributed by atoms with Crippen molar-refractivity contribution >= 4 is 17.1 Å². The number of allylic oxidation sites excluding steroid dienone is 1. The average Bonchev–Trinajstić information content (AvgIpc) is 2.97. The Morgan fingerprint density at radius 1 is 1.31 bits per heavy atom. The molecule has 2 aromatic heterocycles. The maximum absolute atomic E-state index is 12.3. The molecular formula is C18H21N5O3. The van der Waals surface area contributed by atoms with Crippen molar-refractivity contribution < 1.29 is 4.74 Å². The van der Waals surface area contributed by atoms with E-state index in [1.807, 2.05) is 31.2 Å². The van der Waals surface area contributed by atoms with Gasteiger partial charge in [-0.3, -0.25) is 14.3 Å². The van der Waals surface area contributed by atoms with Gasteiger partial charge in [0.1, 0.15) is 5.75 Å². The molecular weight excluding hydrogens is 334 g/mol. The fourth-order valence-corrected chi connectivity index (χ4v) is 2.72. The highest BCUT2D eigenvalue weighted by Crippen LogP contribution is 2.18. The third-order valence-corrected chi connectivity index (χ3v) is 4.04. The van der Waals surface area contributed by atoms with E-state index in [2.05, 4.69) is 21.9 Å². The summed E-state index contributed by atoms with van der Waals surface area (Å²) < 4.78 is 8.21. The Kier molecular flexibility index (Phi) is 4.66. The summed E-state index contributed by atoms with van der Waals surface area (Å²) in [5, 5.41) is 3.24. The lowest BCUT2D eigenvalue weighted by molar-refractivity contribution is 0.414. The van der Waals surface area contributed by atoms with Crippen LogP contribution in [0.2, 0.25) is 0 Å². The number of ether oxygens (including phenoxy) is 1. The van der Waals surface area contributed by atoms with Gasteiger partial charge in [0.15, 0.2) is 11.2 Å². The molecule has 1 aromatic carbocycles. The van der Waals surface area contributed by atoms with Crippen molar-refractivity contribution in [2.24, 2.45) is 7.05 Å². The molecule has 2 N–H and O–H groups in total. The Bertz CT molecular complexity index is 1070. The lowest BCUT2D eigenvalue weighted by atomic mass is 10.2. The number of fused-ring (bicyclic) bond motifs is 1. The minimum Gasteiger partial charge on any atom is -0.497 e. The van der Waals surface area contributed by atoms with E-state index in [-0.39, 0.29) is 0 Å². The standard InChI is InChI=1S/C18H21N5O3/c1-11(2)10-23-14-15(22(3)18(25)21-16(14)24)20-17(23)19-9-12-5-7-13(26-4)8-6-12/h5-8H,1,9-10H2,2-4H3,(H,19,20)(H,21,24,25). The van der Waals surface area contributed by atoms with Crippen molar-refractivity contribution in [1.29, 1.82) is 0 Å². The van der Waals surface area contributed by atoms with Crippen LogP contribution in [-0.2, 0) is 20.1 Å². The average molecular weight is 355 g/mol. The Hall–Kier alpha value is -3.29. The number of nitrogens with one attached hydrogen (secondary N) is 2. The van der Waals surface area contributed by atoms with Crippen LogP contribution in [0, 0.1) is 0 Å². The molecule has 26 heavy (non-hydrogen) atoms. The van der Waals surface area contributed by atoms with Crippen molar-refractivity contribution in [3.8, 4) is 5.75 Å². The summed E-state index contributed by atoms with van der Waals surface area (Å²) in [6.07, 6.45) is 0. The van der Waals surface area contributed by atoms with E-state index in [0.717, 1.165) is 16.9 Å². The predicted molar refractivity (Wildman–Crippen MR) is 101 cm³/mol. The van der Waals surface area contributed by atoms with Gasteiger partial charge in [-0.05, 0) is 24.6 Å². The van der Waals surface area contributed by atoms with Crippen LogP contribution in [-0.4, -0.2) is 26.2 Å². The molecule has 2 heterocycles. The first-order chi connectivity index (χ1) is 12.4. The number of benzene rings is 1. The molecule has 0 amide bonds. The summed E-state index contributed by atoms with van der Waals surface area (Å²) >= 11 is 0. The first-order valence-electron chi connectivity index (χ1n) is 8.11. The zero-order chi connectivity index (χ0) is 18.8. The zero-order valence-electron chi connectivity index (χ0n) is 15.0. The topological polar surface area (TPSA) is 93.9 Å². The Morgan fingerprint density at radius 3 is 2.62 bits per heavy atom. The molecule has 0 saturated heterocycles. The van der Waals surface area contributed by atoms with E-state index in [0.29, 0.717) is 30.2 Å². The van der Waals surface area contributed by atoms with Gasteiger partial charge >= 0.3 is 5.69 Å². The van der Waals surface area contributed by atoms with Gasteiger partial charge in [-0.25, -0.2) is 4.79 Å². The van der Waals surface area contributed by atoms with Gasteiger partial charge in [-0.15, -0.1) is 0 Å². The minimum absolute atomic E-state index is 0.331. The van der Waals surface area contributed by atoms with Crippen LogP contribution in [0.1, 0.15) is 12.5 Å². The van der Waals surface area contributed by atoms with Gasteiger partial charge < -0.3 is 14.6 Å². The molecule has 8 heteroatoms. The molecule has 3 aromatic rings. The normalized spacial score (nSPS) is 10.9. The summed E-state index contributed by atoms with van der Waals surface area (Å²) in [7, 11) is 3.20. The summed E-state index contributed by atoms with van der Waals surface area (Å²) in [5.41, 5.74) is 1.61. The van der Waals surface area contributed by atoms with E-state index in [9.17, 15) is 9.59 Å². The number of aromatic nitrogens is 4. The first-order valence-corrected chi connectivity index (χ1v) is 8.11. The quantitative estimate of drug-likeness (QED) is 0.655. The fraction of sp³-hybridized carbons (Fsp3) is 0.278. The van der Waals surface area contributed by atoms with Crippen LogP contribution in [0.4, 0.5) is 5.95 Å². The van der Waals surface area contributed by atoms with Crippen LogP contribution in [0.3, 0.4) is 0 Å². The number of imidazole rings is 1. The first kappa shape index (κ1) is 17.5. The van der Waals surface area contributed by atoms with Gasteiger partial charge in [0.25, 0.3) is 5.56 Å². The lowest BCUT2D eigenvalue weighted by Crippen LogP contribution is -2.29. The van der Waals surface area contributed by atoms with Crippen LogP contribution < -0.4 is 21.3 Å². The number of H-pyrrole nitrogens is 1. The third kappa shape index (κ3) is 3.26. The van der Waals surface area contributed by atoms with Crippen LogP contribution in [0.25, 0.3) is 11.2 Å². The van der Waals surface area contributed by atoms with Gasteiger partial charge in [-0.2, -0.15) is 4.98 Å². The number of hydrogen-bond donors (Lipinski definition) is 2. The molecule has 136 valence electrons. The summed E-state index contributed by atoms with van der Waals surface area (Å²) in [4.78, 5) is 30.9. The largest absolute Gasteiger partial charge is 0.497 e. The SMILES string of the molecule is C=C(C)Cn1c(NCc2ccc(OC)cc2)nc2c1c(=O)[nH]c(=O)n2C. The number of aromatic amines is 1. The summed E-state index contributed by atoms with van der Waals surface area (Å²) in [6, 6.07) is 7.64. The number of anilines is 1. The molecule has 0 spiro atoms. The van der Waals surface area contributed by atoms with Gasteiger partial charge in [0.05, 0.1) is 7.11 Å². The number of aryl methyl sites for hydroxylation is 1. The van der Waals surface area contributed by atoms with Gasteiger partial charge in [-0.1, -0.05) is 24.3 Å². The summed E-state index contributed by atoms with van der Waals surface area (Å²) in [5.74, 6) is 1.29. The zero-order valence-corrected chi connectivity index (χ0v) is 15.0. The van der Waals surface area contributed by atoms with Crippen molar-refractivity contribution in [3.05, 3.63) is 62.8 Å². The van der Waals surface area contributed by atoms with Crippen molar-refractivity contribution in [1.82, 2.24) is 19.1 Å². The van der Waals surface area contributed by atoms with Gasteiger partial charge in [0, 0.05) is 20.1 Å². The molecule has 0 fully saturated rings. The smallest absolute Gasteiger partial charge is 0.329 e. The van der Waals surface area contributed by atoms with E-state index in [1.54, 1.807) is 18.7 Å². The van der Waals surface area contributed by atoms with Crippen LogP contribution >= 0.6 is 0 Å². The number of nitrogens with zero attached hydrogens (tertiary/aromatic N) is 3. The minimum atomic E-state index is -0.496. The van der Waals surface area contributed by atoms with E-state index >= 15 is 0 Å². The molecule has 0 aliphatic heterocycles. The van der Waals surface area contributed by atoms with Crippen LogP contribution in [0.15, 0.2) is 46.0 Å². The Balaban J connectivity index is 2.02. The fourth-order valence-electron chi connectivity index (χ4n) is 2.72. The molecule has 0 atom stereocenters. The second kappa shape index (κ2) is 6.91. The third-order valence-electron chi connectivity index (χ3n) is 4.04. The maximum Gasteiger partial charge on any atom is 0.329 e. The molecule has 0 aliphatic carbocycles. The van der Waals surface area contributed by atoms with Crippen molar-refractivity contribution in [2.45, 2.75) is 20.0 Å². The van der Waals surface area contributed by atoms with Crippen molar-refractivity contribution in [3.63, 3.8) is 0 Å². The molecule has 0 saturated carbocycles. The number of rotatable bonds is 6. The lowest BCUT2D eigenvalue weighted by Gasteiger charge is -2.10. The molecule has 0 unspecified atom stereocenters. The maximum atomic E-state index is 12.3. The van der Waals surface area contributed by atoms with Crippen molar-refractivity contribution in [2.75, 3.05) is 12.4 Å². The highest BCUT2D eigenvalue weighted by Gasteiger charge is 2.17. The molecule has 0 bridgehead atoms.